The molecule has 2 atom stereocenters. The highest BCUT2D eigenvalue weighted by atomic mass is 16.4. The Hall–Kier alpha value is -2.04. The van der Waals surface area contributed by atoms with E-state index in [4.69, 9.17) is 5.11 Å². The van der Waals surface area contributed by atoms with Crippen LogP contribution in [-0.4, -0.2) is 34.5 Å². The summed E-state index contributed by atoms with van der Waals surface area (Å²) in [5, 5.41) is 12.0. The molecule has 106 valence electrons. The molecule has 2 unspecified atom stereocenters. The van der Waals surface area contributed by atoms with Crippen LogP contribution >= 0.6 is 0 Å². The molecule has 3 rings (SSSR count). The third-order valence-electron chi connectivity index (χ3n) is 3.99. The maximum absolute atomic E-state index is 12.5. The molecule has 1 saturated carbocycles. The van der Waals surface area contributed by atoms with Gasteiger partial charge in [-0.25, -0.2) is 0 Å². The molecule has 2 N–H and O–H groups in total. The fourth-order valence-corrected chi connectivity index (χ4v) is 2.78. The minimum atomic E-state index is -0.905. The van der Waals surface area contributed by atoms with Gasteiger partial charge in [-0.2, -0.15) is 0 Å². The van der Waals surface area contributed by atoms with Crippen LogP contribution in [0.5, 0.6) is 0 Å². The highest BCUT2D eigenvalue weighted by Gasteiger charge is 2.35. The molecule has 0 saturated heterocycles. The van der Waals surface area contributed by atoms with Gasteiger partial charge >= 0.3 is 5.97 Å². The average molecular weight is 274 g/mol. The van der Waals surface area contributed by atoms with E-state index in [1.807, 2.05) is 12.2 Å². The van der Waals surface area contributed by atoms with Gasteiger partial charge in [-0.15, -0.1) is 0 Å². The Kier molecular flexibility index (Phi) is 3.34. The lowest BCUT2D eigenvalue weighted by atomic mass is 9.87. The molecule has 2 aliphatic carbocycles. The van der Waals surface area contributed by atoms with Gasteiger partial charge in [0.05, 0.1) is 0 Å². The zero-order chi connectivity index (χ0) is 14.1. The van der Waals surface area contributed by atoms with E-state index in [1.54, 1.807) is 23.4 Å². The first-order valence-corrected chi connectivity index (χ1v) is 6.98. The second-order valence-electron chi connectivity index (χ2n) is 5.61. The van der Waals surface area contributed by atoms with Gasteiger partial charge in [0.15, 0.2) is 5.78 Å². The quantitative estimate of drug-likeness (QED) is 0.789. The number of carbonyl (C=O) groups excluding carboxylic acids is 1. The lowest BCUT2D eigenvalue weighted by Crippen LogP contribution is -2.43. The second kappa shape index (κ2) is 5.15. The summed E-state index contributed by atoms with van der Waals surface area (Å²) in [5.41, 5.74) is 0.657. The van der Waals surface area contributed by atoms with Gasteiger partial charge in [-0.3, -0.25) is 9.59 Å². The van der Waals surface area contributed by atoms with Crippen LogP contribution in [0, 0.1) is 11.8 Å². The number of rotatable bonds is 5. The lowest BCUT2D eigenvalue weighted by molar-refractivity contribution is -0.138. The number of ketones is 1. The van der Waals surface area contributed by atoms with Crippen molar-refractivity contribution >= 4 is 11.8 Å². The number of Topliss-reactive ketones (excluding diaryl/α,β-unsaturated/α-hetero) is 1. The van der Waals surface area contributed by atoms with Crippen molar-refractivity contribution in [3.63, 3.8) is 0 Å². The van der Waals surface area contributed by atoms with Crippen LogP contribution in [0.25, 0.3) is 0 Å². The van der Waals surface area contributed by atoms with Crippen LogP contribution in [-0.2, 0) is 9.59 Å². The molecule has 5 heteroatoms. The van der Waals surface area contributed by atoms with Gasteiger partial charge in [0.2, 0.25) is 0 Å². The van der Waals surface area contributed by atoms with E-state index in [2.05, 4.69) is 5.32 Å². The molecular weight excluding hydrogens is 256 g/mol. The van der Waals surface area contributed by atoms with Crippen LogP contribution in [0.4, 0.5) is 0 Å². The van der Waals surface area contributed by atoms with Crippen LogP contribution in [0.15, 0.2) is 36.2 Å². The predicted octanol–water partition coefficient (Wildman–Crippen LogP) is 1.26. The Labute approximate surface area is 117 Å². The second-order valence-corrected chi connectivity index (χ2v) is 5.61. The van der Waals surface area contributed by atoms with Gasteiger partial charge in [-0.05, 0) is 12.3 Å². The third-order valence-corrected chi connectivity index (χ3v) is 3.99. The molecule has 0 bridgehead atoms. The zero-order valence-electron chi connectivity index (χ0n) is 11.2. The number of nitrogens with zero attached hydrogens (tertiary/aromatic N) is 1. The van der Waals surface area contributed by atoms with E-state index in [0.29, 0.717) is 11.5 Å². The SMILES string of the molecule is O=C(O)CN1C=CNC1C1=CC=CC(CC2CC2)C1=O. The molecule has 0 aromatic carbocycles. The number of nitrogens with one attached hydrogen (secondary N) is 1. The monoisotopic (exact) mass is 274 g/mol. The Morgan fingerprint density at radius 1 is 1.45 bits per heavy atom. The first-order valence-electron chi connectivity index (χ1n) is 6.98. The smallest absolute Gasteiger partial charge is 0.323 e. The number of hydrogen-bond acceptors (Lipinski definition) is 4. The Morgan fingerprint density at radius 3 is 2.95 bits per heavy atom. The molecule has 1 fully saturated rings. The molecular formula is C15H18N2O3. The summed E-state index contributed by atoms with van der Waals surface area (Å²) >= 11 is 0. The van der Waals surface area contributed by atoms with Crippen molar-refractivity contribution in [2.75, 3.05) is 6.54 Å². The van der Waals surface area contributed by atoms with Crippen molar-refractivity contribution in [2.24, 2.45) is 11.8 Å². The summed E-state index contributed by atoms with van der Waals surface area (Å²) in [6.45, 7) is -0.115. The minimum absolute atomic E-state index is 0.0448. The van der Waals surface area contributed by atoms with Gasteiger partial charge < -0.3 is 15.3 Å². The summed E-state index contributed by atoms with van der Waals surface area (Å²) < 4.78 is 0. The molecule has 1 aliphatic heterocycles. The standard InChI is InChI=1S/C15H18N2O3/c18-13(19)9-17-7-6-16-15(17)12-3-1-2-11(14(12)20)8-10-4-5-10/h1-3,6-7,10-11,15-16H,4-5,8-9H2,(H,18,19). The summed E-state index contributed by atoms with van der Waals surface area (Å²) in [6, 6.07) is 0. The van der Waals surface area contributed by atoms with Crippen LogP contribution < -0.4 is 5.32 Å². The fraction of sp³-hybridized carbons (Fsp3) is 0.467. The molecule has 20 heavy (non-hydrogen) atoms. The number of carboxylic acids is 1. The Bertz CT molecular complexity index is 517. The van der Waals surface area contributed by atoms with Crippen molar-refractivity contribution in [1.82, 2.24) is 10.2 Å². The molecule has 0 amide bonds. The molecule has 0 aromatic rings. The van der Waals surface area contributed by atoms with Crippen LogP contribution in [0.1, 0.15) is 19.3 Å². The van der Waals surface area contributed by atoms with Crippen molar-refractivity contribution < 1.29 is 14.7 Å². The number of carboxylic acid groups (broad SMARTS) is 1. The highest BCUT2D eigenvalue weighted by Crippen LogP contribution is 2.37. The number of allylic oxidation sites excluding steroid dienone is 3. The van der Waals surface area contributed by atoms with E-state index in [9.17, 15) is 9.59 Å². The number of carbonyl (C=O) groups is 2. The predicted molar refractivity (Wildman–Crippen MR) is 73.5 cm³/mol. The summed E-state index contributed by atoms with van der Waals surface area (Å²) in [7, 11) is 0. The van der Waals surface area contributed by atoms with Crippen LogP contribution in [0.3, 0.4) is 0 Å². The van der Waals surface area contributed by atoms with Crippen molar-refractivity contribution in [3.05, 3.63) is 36.2 Å². The van der Waals surface area contributed by atoms with Gasteiger partial charge in [0.25, 0.3) is 0 Å². The molecule has 1 heterocycles. The molecule has 0 spiro atoms. The van der Waals surface area contributed by atoms with E-state index in [0.717, 1.165) is 6.42 Å². The zero-order valence-corrected chi connectivity index (χ0v) is 11.2. The minimum Gasteiger partial charge on any atom is -0.480 e. The molecule has 5 nitrogen and oxygen atoms in total. The lowest BCUT2D eigenvalue weighted by Gasteiger charge is -2.28. The normalized spacial score (nSPS) is 28.5. The molecule has 0 aromatic heterocycles. The van der Waals surface area contributed by atoms with E-state index in [1.165, 1.54) is 12.8 Å². The van der Waals surface area contributed by atoms with Crippen molar-refractivity contribution in [2.45, 2.75) is 25.4 Å². The Balaban J connectivity index is 1.72. The summed E-state index contributed by atoms with van der Waals surface area (Å²) in [6.07, 6.45) is 12.1. The molecule has 3 aliphatic rings. The summed E-state index contributed by atoms with van der Waals surface area (Å²) in [4.78, 5) is 25.0. The topological polar surface area (TPSA) is 69.6 Å². The Morgan fingerprint density at radius 2 is 2.25 bits per heavy atom. The van der Waals surface area contributed by atoms with E-state index in [-0.39, 0.29) is 24.4 Å². The van der Waals surface area contributed by atoms with Crippen molar-refractivity contribution in [3.8, 4) is 0 Å². The highest BCUT2D eigenvalue weighted by molar-refractivity contribution is 6.00. The maximum atomic E-state index is 12.5. The number of aliphatic carboxylic acids is 1. The molecule has 0 radical (unpaired) electrons. The van der Waals surface area contributed by atoms with Crippen molar-refractivity contribution in [1.29, 1.82) is 0 Å². The average Bonchev–Trinajstić information content (AvgIpc) is 3.10. The summed E-state index contributed by atoms with van der Waals surface area (Å²) in [5.74, 6) is -0.136. The van der Waals surface area contributed by atoms with Gasteiger partial charge in [0, 0.05) is 23.9 Å². The van der Waals surface area contributed by atoms with E-state index < -0.39 is 5.97 Å². The first-order chi connectivity index (χ1) is 9.65. The van der Waals surface area contributed by atoms with Gasteiger partial charge in [0.1, 0.15) is 12.7 Å². The maximum Gasteiger partial charge on any atom is 0.323 e. The van der Waals surface area contributed by atoms with Gasteiger partial charge in [-0.1, -0.05) is 31.1 Å². The van der Waals surface area contributed by atoms with E-state index >= 15 is 0 Å². The fourth-order valence-electron chi connectivity index (χ4n) is 2.78. The third kappa shape index (κ3) is 2.61. The first kappa shape index (κ1) is 13.0. The number of hydrogen-bond donors (Lipinski definition) is 2. The van der Waals surface area contributed by atoms with Crippen LogP contribution in [0.2, 0.25) is 0 Å². The largest absolute Gasteiger partial charge is 0.480 e.